The van der Waals surface area contributed by atoms with Crippen LogP contribution in [0.3, 0.4) is 0 Å². The second kappa shape index (κ2) is 6.49. The van der Waals surface area contributed by atoms with Gasteiger partial charge in [-0.05, 0) is 35.6 Å². The van der Waals surface area contributed by atoms with E-state index in [0.29, 0.717) is 22.3 Å². The largest absolute Gasteiger partial charge is 0.207 e. The first-order valence-electron chi connectivity index (χ1n) is 5.86. The van der Waals surface area contributed by atoms with Crippen LogP contribution in [0.5, 0.6) is 0 Å². The van der Waals surface area contributed by atoms with E-state index in [9.17, 15) is 8.78 Å². The summed E-state index contributed by atoms with van der Waals surface area (Å²) in [7, 11) is 0. The predicted octanol–water partition coefficient (Wildman–Crippen LogP) is 5.34. The SMILES string of the molecule is Fc1ccc(CC(CBr)c2ccccc2Cl)c(F)c1. The summed E-state index contributed by atoms with van der Waals surface area (Å²) in [5.74, 6) is -1.03. The van der Waals surface area contributed by atoms with E-state index in [1.165, 1.54) is 12.1 Å². The van der Waals surface area contributed by atoms with Gasteiger partial charge in [0.25, 0.3) is 0 Å². The monoisotopic (exact) mass is 344 g/mol. The van der Waals surface area contributed by atoms with Gasteiger partial charge in [0.05, 0.1) is 0 Å². The first-order valence-corrected chi connectivity index (χ1v) is 7.36. The zero-order valence-electron chi connectivity index (χ0n) is 10.0. The van der Waals surface area contributed by atoms with Crippen molar-refractivity contribution in [3.8, 4) is 0 Å². The van der Waals surface area contributed by atoms with E-state index in [-0.39, 0.29) is 5.92 Å². The average Bonchev–Trinajstić information content (AvgIpc) is 2.39. The molecule has 0 radical (unpaired) electrons. The lowest BCUT2D eigenvalue weighted by atomic mass is 9.93. The van der Waals surface area contributed by atoms with Crippen molar-refractivity contribution in [2.75, 3.05) is 5.33 Å². The minimum Gasteiger partial charge on any atom is -0.207 e. The van der Waals surface area contributed by atoms with Crippen LogP contribution >= 0.6 is 27.5 Å². The fraction of sp³-hybridized carbons (Fsp3) is 0.200. The molecular formula is C15H12BrClF2. The summed E-state index contributed by atoms with van der Waals surface area (Å²) in [4.78, 5) is 0. The summed E-state index contributed by atoms with van der Waals surface area (Å²) < 4.78 is 26.6. The summed E-state index contributed by atoms with van der Waals surface area (Å²) in [6.07, 6.45) is 0.473. The van der Waals surface area contributed by atoms with Crippen LogP contribution in [0.1, 0.15) is 17.0 Å². The van der Waals surface area contributed by atoms with Crippen LogP contribution in [-0.4, -0.2) is 5.33 Å². The first-order chi connectivity index (χ1) is 9.11. The molecule has 0 nitrogen and oxygen atoms in total. The standard InChI is InChI=1S/C15H12BrClF2/c16-9-11(13-3-1-2-4-14(13)17)7-10-5-6-12(18)8-15(10)19/h1-6,8,11H,7,9H2. The Balaban J connectivity index is 2.27. The molecule has 0 saturated heterocycles. The number of hydrogen-bond donors (Lipinski definition) is 0. The highest BCUT2D eigenvalue weighted by Gasteiger charge is 2.16. The zero-order valence-corrected chi connectivity index (χ0v) is 12.4. The van der Waals surface area contributed by atoms with Crippen LogP contribution in [-0.2, 0) is 6.42 Å². The summed E-state index contributed by atoms with van der Waals surface area (Å²) in [6, 6.07) is 11.2. The Hall–Kier alpha value is -0.930. The first kappa shape index (κ1) is 14.5. The maximum absolute atomic E-state index is 13.7. The third kappa shape index (κ3) is 3.54. The second-order valence-corrected chi connectivity index (χ2v) is 5.37. The van der Waals surface area contributed by atoms with E-state index in [1.807, 2.05) is 24.3 Å². The molecule has 1 atom stereocenters. The lowest BCUT2D eigenvalue weighted by Gasteiger charge is -2.16. The molecule has 0 heterocycles. The van der Waals surface area contributed by atoms with Crippen LogP contribution in [0.15, 0.2) is 42.5 Å². The summed E-state index contributed by atoms with van der Waals surface area (Å²) in [6.45, 7) is 0. The number of alkyl halides is 1. The van der Waals surface area contributed by atoms with Gasteiger partial charge in [-0.2, -0.15) is 0 Å². The molecule has 0 aliphatic heterocycles. The van der Waals surface area contributed by atoms with Crippen molar-refractivity contribution < 1.29 is 8.78 Å². The number of benzene rings is 2. The third-order valence-electron chi connectivity index (χ3n) is 3.01. The van der Waals surface area contributed by atoms with E-state index in [2.05, 4.69) is 15.9 Å². The zero-order chi connectivity index (χ0) is 13.8. The molecule has 4 heteroatoms. The number of rotatable bonds is 4. The minimum atomic E-state index is -0.561. The maximum Gasteiger partial charge on any atom is 0.129 e. The molecule has 0 aliphatic carbocycles. The molecular weight excluding hydrogens is 334 g/mol. The lowest BCUT2D eigenvalue weighted by Crippen LogP contribution is -2.07. The van der Waals surface area contributed by atoms with Crippen molar-refractivity contribution >= 4 is 27.5 Å². The molecule has 100 valence electrons. The van der Waals surface area contributed by atoms with Crippen molar-refractivity contribution in [1.29, 1.82) is 0 Å². The predicted molar refractivity (Wildman–Crippen MR) is 78.0 cm³/mol. The quantitative estimate of drug-likeness (QED) is 0.656. The van der Waals surface area contributed by atoms with Crippen LogP contribution in [0, 0.1) is 11.6 Å². The molecule has 0 saturated carbocycles. The highest BCUT2D eigenvalue weighted by molar-refractivity contribution is 9.09. The van der Waals surface area contributed by atoms with Gasteiger partial charge in [-0.25, -0.2) is 8.78 Å². The van der Waals surface area contributed by atoms with Crippen molar-refractivity contribution in [3.05, 3.63) is 70.2 Å². The van der Waals surface area contributed by atoms with Crippen molar-refractivity contribution in [2.45, 2.75) is 12.3 Å². The molecule has 0 aliphatic rings. The Morgan fingerprint density at radius 1 is 1.11 bits per heavy atom. The van der Waals surface area contributed by atoms with E-state index < -0.39 is 11.6 Å². The summed E-state index contributed by atoms with van der Waals surface area (Å²) in [5.41, 5.74) is 1.45. The van der Waals surface area contributed by atoms with Gasteiger partial charge in [-0.1, -0.05) is 51.8 Å². The molecule has 19 heavy (non-hydrogen) atoms. The van der Waals surface area contributed by atoms with Crippen LogP contribution in [0.4, 0.5) is 8.78 Å². The summed E-state index contributed by atoms with van der Waals surface area (Å²) >= 11 is 9.58. The summed E-state index contributed by atoms with van der Waals surface area (Å²) in [5, 5.41) is 1.32. The average molecular weight is 346 g/mol. The molecule has 0 N–H and O–H groups in total. The highest BCUT2D eigenvalue weighted by Crippen LogP contribution is 2.29. The van der Waals surface area contributed by atoms with Gasteiger partial charge >= 0.3 is 0 Å². The van der Waals surface area contributed by atoms with Gasteiger partial charge in [-0.3, -0.25) is 0 Å². The smallest absolute Gasteiger partial charge is 0.129 e. The molecule has 0 amide bonds. The second-order valence-electron chi connectivity index (χ2n) is 4.31. The third-order valence-corrected chi connectivity index (χ3v) is 4.14. The molecule has 0 aromatic heterocycles. The molecule has 2 aromatic carbocycles. The molecule has 1 unspecified atom stereocenters. The fourth-order valence-corrected chi connectivity index (χ4v) is 2.87. The van der Waals surface area contributed by atoms with Crippen LogP contribution in [0.25, 0.3) is 0 Å². The van der Waals surface area contributed by atoms with Gasteiger partial charge in [0, 0.05) is 16.4 Å². The Morgan fingerprint density at radius 3 is 2.47 bits per heavy atom. The molecule has 2 aromatic rings. The Kier molecular flexibility index (Phi) is 4.94. The van der Waals surface area contributed by atoms with Crippen LogP contribution in [0.2, 0.25) is 5.02 Å². The van der Waals surface area contributed by atoms with Gasteiger partial charge in [0.1, 0.15) is 11.6 Å². The van der Waals surface area contributed by atoms with Gasteiger partial charge < -0.3 is 0 Å². The van der Waals surface area contributed by atoms with Gasteiger partial charge in [0.15, 0.2) is 0 Å². The van der Waals surface area contributed by atoms with Crippen molar-refractivity contribution in [1.82, 2.24) is 0 Å². The topological polar surface area (TPSA) is 0 Å². The fourth-order valence-electron chi connectivity index (χ4n) is 2.01. The minimum absolute atomic E-state index is 0.0497. The van der Waals surface area contributed by atoms with Crippen molar-refractivity contribution in [2.24, 2.45) is 0 Å². The Bertz CT molecular complexity index is 572. The van der Waals surface area contributed by atoms with Gasteiger partial charge in [-0.15, -0.1) is 0 Å². The maximum atomic E-state index is 13.7. The van der Waals surface area contributed by atoms with E-state index in [0.717, 1.165) is 11.6 Å². The van der Waals surface area contributed by atoms with E-state index in [4.69, 9.17) is 11.6 Å². The van der Waals surface area contributed by atoms with Gasteiger partial charge in [0.2, 0.25) is 0 Å². The highest BCUT2D eigenvalue weighted by atomic mass is 79.9. The molecule has 0 spiro atoms. The van der Waals surface area contributed by atoms with E-state index >= 15 is 0 Å². The lowest BCUT2D eigenvalue weighted by molar-refractivity contribution is 0.566. The Morgan fingerprint density at radius 2 is 1.84 bits per heavy atom. The van der Waals surface area contributed by atoms with E-state index in [1.54, 1.807) is 0 Å². The molecule has 2 rings (SSSR count). The molecule has 0 fully saturated rings. The van der Waals surface area contributed by atoms with Crippen LogP contribution < -0.4 is 0 Å². The number of halogens is 4. The molecule has 0 bridgehead atoms. The number of hydrogen-bond acceptors (Lipinski definition) is 0. The normalized spacial score (nSPS) is 12.4. The van der Waals surface area contributed by atoms with Crippen molar-refractivity contribution in [3.63, 3.8) is 0 Å². The Labute approximate surface area is 124 Å².